The van der Waals surface area contributed by atoms with Gasteiger partial charge in [-0.2, -0.15) is 5.10 Å². The van der Waals surface area contributed by atoms with Crippen molar-refractivity contribution in [3.05, 3.63) is 12.4 Å². The third kappa shape index (κ3) is 3.86. The predicted molar refractivity (Wildman–Crippen MR) is 127 cm³/mol. The summed E-state index contributed by atoms with van der Waals surface area (Å²) >= 11 is 0. The minimum Gasteiger partial charge on any atom is -0.390 e. The number of carbonyl (C=O) groups is 2. The summed E-state index contributed by atoms with van der Waals surface area (Å²) in [6.07, 6.45) is 13.4. The summed E-state index contributed by atoms with van der Waals surface area (Å²) in [5.74, 6) is 3.02. The summed E-state index contributed by atoms with van der Waals surface area (Å²) < 4.78 is 1.68. The molecule has 0 radical (unpaired) electrons. The Bertz CT molecular complexity index is 939. The van der Waals surface area contributed by atoms with Crippen molar-refractivity contribution >= 4 is 17.4 Å². The van der Waals surface area contributed by atoms with E-state index in [0.717, 1.165) is 43.9 Å². The lowest BCUT2D eigenvalue weighted by atomic mass is 9.44. The molecule has 2 unspecified atom stereocenters. The van der Waals surface area contributed by atoms with Gasteiger partial charge in [-0.3, -0.25) is 14.3 Å². The maximum atomic E-state index is 13.5. The van der Waals surface area contributed by atoms with E-state index in [9.17, 15) is 14.7 Å². The highest BCUT2D eigenvalue weighted by Crippen LogP contribution is 2.68. The summed E-state index contributed by atoms with van der Waals surface area (Å²) in [7, 11) is 0. The fourth-order valence-corrected chi connectivity index (χ4v) is 8.95. The molecule has 4 saturated carbocycles. The zero-order valence-corrected chi connectivity index (χ0v) is 20.8. The molecule has 1 amide bonds. The molecule has 0 aliphatic heterocycles. The fraction of sp³-hybridized carbons (Fsp3) is 0.815. The van der Waals surface area contributed by atoms with Gasteiger partial charge in [-0.25, -0.2) is 0 Å². The molecule has 1 heterocycles. The van der Waals surface area contributed by atoms with Crippen LogP contribution in [0, 0.1) is 40.4 Å². The van der Waals surface area contributed by atoms with Crippen molar-refractivity contribution in [3.8, 4) is 0 Å². The Balaban J connectivity index is 1.30. The van der Waals surface area contributed by atoms with E-state index in [2.05, 4.69) is 24.3 Å². The van der Waals surface area contributed by atoms with Crippen LogP contribution in [0.5, 0.6) is 0 Å². The Morgan fingerprint density at radius 1 is 1.06 bits per heavy atom. The van der Waals surface area contributed by atoms with Gasteiger partial charge in [-0.1, -0.05) is 13.8 Å². The molecule has 0 saturated heterocycles. The number of Topliss-reactive ketones (excluding diaryl/α,β-unsaturated/α-hetero) is 1. The van der Waals surface area contributed by atoms with Crippen LogP contribution in [0.2, 0.25) is 0 Å². The van der Waals surface area contributed by atoms with Crippen LogP contribution in [0.1, 0.15) is 85.5 Å². The Hall–Kier alpha value is -1.69. The van der Waals surface area contributed by atoms with Crippen LogP contribution in [0.3, 0.4) is 0 Å². The van der Waals surface area contributed by atoms with Crippen molar-refractivity contribution in [2.75, 3.05) is 5.32 Å². The first kappa shape index (κ1) is 23.1. The number of amides is 1. The number of nitrogens with zero attached hydrogens (tertiary/aromatic N) is 2. The molecule has 8 atom stereocenters. The average molecular weight is 456 g/mol. The minimum atomic E-state index is -0.489. The number of anilines is 1. The first-order valence-corrected chi connectivity index (χ1v) is 13.1. The van der Waals surface area contributed by atoms with Crippen LogP contribution in [0.25, 0.3) is 0 Å². The molecule has 6 nitrogen and oxygen atoms in total. The third-order valence-corrected chi connectivity index (χ3v) is 10.6. The SMILES string of the molecule is CC(=O)Nc1cnn(CC(=O)C2CC[C@H]3[C@@H]4CC[C@@H]5C[C@](C)(O)CC[C@]5(C)[C@H]4CCC23C)c1. The predicted octanol–water partition coefficient (Wildman–Crippen LogP) is 4.82. The molecule has 5 rings (SSSR count). The number of hydrogen-bond acceptors (Lipinski definition) is 4. The smallest absolute Gasteiger partial charge is 0.221 e. The maximum Gasteiger partial charge on any atom is 0.221 e. The summed E-state index contributed by atoms with van der Waals surface area (Å²) in [6.45, 7) is 8.71. The van der Waals surface area contributed by atoms with Gasteiger partial charge in [-0.15, -0.1) is 0 Å². The van der Waals surface area contributed by atoms with E-state index < -0.39 is 5.60 Å². The van der Waals surface area contributed by atoms with E-state index in [-0.39, 0.29) is 23.8 Å². The van der Waals surface area contributed by atoms with Gasteiger partial charge in [0.2, 0.25) is 5.91 Å². The van der Waals surface area contributed by atoms with Crippen molar-refractivity contribution in [2.24, 2.45) is 40.4 Å². The topological polar surface area (TPSA) is 84.2 Å². The van der Waals surface area contributed by atoms with Crippen LogP contribution in [-0.4, -0.2) is 32.2 Å². The van der Waals surface area contributed by atoms with Crippen LogP contribution in [-0.2, 0) is 16.1 Å². The van der Waals surface area contributed by atoms with Crippen LogP contribution in [0.15, 0.2) is 12.4 Å². The van der Waals surface area contributed by atoms with E-state index >= 15 is 0 Å². The van der Waals surface area contributed by atoms with E-state index in [1.165, 1.54) is 32.6 Å². The number of ketones is 1. The molecule has 4 aliphatic carbocycles. The zero-order chi connectivity index (χ0) is 23.6. The van der Waals surface area contributed by atoms with Gasteiger partial charge < -0.3 is 10.4 Å². The van der Waals surface area contributed by atoms with Crippen LogP contribution in [0.4, 0.5) is 5.69 Å². The Labute approximate surface area is 197 Å². The van der Waals surface area contributed by atoms with Gasteiger partial charge >= 0.3 is 0 Å². The van der Waals surface area contributed by atoms with Crippen LogP contribution < -0.4 is 5.32 Å². The lowest BCUT2D eigenvalue weighted by Gasteiger charge is -2.61. The molecule has 4 aliphatic rings. The second-order valence-electron chi connectivity index (χ2n) is 12.6. The molecule has 0 spiro atoms. The van der Waals surface area contributed by atoms with Gasteiger partial charge in [0.25, 0.3) is 0 Å². The van der Waals surface area contributed by atoms with Gasteiger partial charge in [0.05, 0.1) is 24.0 Å². The molecular formula is C27H41N3O3. The lowest BCUT2D eigenvalue weighted by molar-refractivity contribution is -0.151. The standard InChI is InChI=1S/C27H41N3O3/c1-17(31)29-19-14-28-30(15-19)16-24(32)23-8-7-21-20-6-5-18-13-25(2,33)11-12-26(18,3)22(20)9-10-27(21,23)4/h14-15,18,20-23,33H,5-13,16H2,1-4H3,(H,29,31)/t18-,20+,21+,22+,23?,25-,26+,27?/m1/s1. The van der Waals surface area contributed by atoms with Gasteiger partial charge in [-0.05, 0) is 99.2 Å². The molecule has 4 fully saturated rings. The molecule has 0 aromatic carbocycles. The van der Waals surface area contributed by atoms with Gasteiger partial charge in [0.15, 0.2) is 5.78 Å². The van der Waals surface area contributed by atoms with Gasteiger partial charge in [0, 0.05) is 19.0 Å². The molecule has 1 aromatic heterocycles. The van der Waals surface area contributed by atoms with E-state index in [4.69, 9.17) is 0 Å². The van der Waals surface area contributed by atoms with Crippen molar-refractivity contribution in [3.63, 3.8) is 0 Å². The third-order valence-electron chi connectivity index (χ3n) is 10.6. The highest BCUT2D eigenvalue weighted by atomic mass is 16.3. The number of rotatable bonds is 4. The number of nitrogens with one attached hydrogen (secondary N) is 1. The number of carbonyl (C=O) groups excluding carboxylic acids is 2. The first-order valence-electron chi connectivity index (χ1n) is 13.1. The summed E-state index contributed by atoms with van der Waals surface area (Å²) in [6, 6.07) is 0. The highest BCUT2D eigenvalue weighted by molar-refractivity contribution is 5.88. The fourth-order valence-electron chi connectivity index (χ4n) is 8.95. The molecule has 1 aromatic rings. The number of aliphatic hydroxyl groups is 1. The monoisotopic (exact) mass is 455 g/mol. The molecule has 6 heteroatoms. The average Bonchev–Trinajstić information content (AvgIpc) is 3.31. The summed E-state index contributed by atoms with van der Waals surface area (Å²) in [4.78, 5) is 24.7. The Kier molecular flexibility index (Phi) is 5.54. The van der Waals surface area contributed by atoms with Crippen molar-refractivity contribution in [2.45, 2.75) is 97.6 Å². The molecular weight excluding hydrogens is 414 g/mol. The molecule has 0 bridgehead atoms. The zero-order valence-electron chi connectivity index (χ0n) is 20.8. The number of hydrogen-bond donors (Lipinski definition) is 2. The minimum absolute atomic E-state index is 0.0925. The van der Waals surface area contributed by atoms with E-state index in [0.29, 0.717) is 28.7 Å². The summed E-state index contributed by atoms with van der Waals surface area (Å²) in [5.41, 5.74) is 0.596. The van der Waals surface area contributed by atoms with E-state index in [1.807, 2.05) is 6.92 Å². The highest BCUT2D eigenvalue weighted by Gasteiger charge is 2.61. The van der Waals surface area contributed by atoms with Crippen LogP contribution >= 0.6 is 0 Å². The number of aromatic nitrogens is 2. The van der Waals surface area contributed by atoms with Gasteiger partial charge in [0.1, 0.15) is 0 Å². The molecule has 182 valence electrons. The molecule has 33 heavy (non-hydrogen) atoms. The normalized spacial score (nSPS) is 44.5. The second kappa shape index (κ2) is 7.93. The van der Waals surface area contributed by atoms with E-state index in [1.54, 1.807) is 17.1 Å². The largest absolute Gasteiger partial charge is 0.390 e. The number of fused-ring (bicyclic) bond motifs is 5. The van der Waals surface area contributed by atoms with Crippen molar-refractivity contribution < 1.29 is 14.7 Å². The second-order valence-corrected chi connectivity index (χ2v) is 12.6. The molecule has 2 N–H and O–H groups in total. The lowest BCUT2D eigenvalue weighted by Crippen LogP contribution is -2.55. The Morgan fingerprint density at radius 3 is 2.58 bits per heavy atom. The maximum absolute atomic E-state index is 13.5. The Morgan fingerprint density at radius 2 is 1.82 bits per heavy atom. The first-order chi connectivity index (χ1) is 15.5. The quantitative estimate of drug-likeness (QED) is 0.682. The summed E-state index contributed by atoms with van der Waals surface area (Å²) in [5, 5.41) is 17.7. The van der Waals surface area contributed by atoms with Crippen molar-refractivity contribution in [1.82, 2.24) is 9.78 Å². The van der Waals surface area contributed by atoms with Crippen molar-refractivity contribution in [1.29, 1.82) is 0 Å².